The fraction of sp³-hybridized carbons (Fsp3) is 0.560. The van der Waals surface area contributed by atoms with Crippen molar-refractivity contribution in [3.63, 3.8) is 0 Å². The average molecular weight is 456 g/mol. The number of benzene rings is 1. The van der Waals surface area contributed by atoms with Gasteiger partial charge in [0, 0.05) is 35.7 Å². The average Bonchev–Trinajstić information content (AvgIpc) is 2.75. The van der Waals surface area contributed by atoms with Crippen molar-refractivity contribution < 1.29 is 14.3 Å². The van der Waals surface area contributed by atoms with Gasteiger partial charge in [0.2, 0.25) is 0 Å². The Balaban J connectivity index is 1.76. The van der Waals surface area contributed by atoms with Crippen LogP contribution < -0.4 is 10.1 Å². The summed E-state index contributed by atoms with van der Waals surface area (Å²) in [5.41, 5.74) is 1.39. The lowest BCUT2D eigenvalue weighted by atomic mass is 9.72. The van der Waals surface area contributed by atoms with E-state index in [4.69, 9.17) is 21.7 Å². The van der Waals surface area contributed by atoms with Gasteiger partial charge >= 0.3 is 6.09 Å². The fourth-order valence-corrected chi connectivity index (χ4v) is 5.54. The highest BCUT2D eigenvalue weighted by molar-refractivity contribution is 7.80. The number of fused-ring (bicyclic) bond motifs is 4. The molecular formula is C25H33N3O3S. The van der Waals surface area contributed by atoms with Gasteiger partial charge in [-0.3, -0.25) is 4.98 Å². The van der Waals surface area contributed by atoms with Gasteiger partial charge in [-0.2, -0.15) is 0 Å². The zero-order valence-electron chi connectivity index (χ0n) is 19.6. The molecule has 0 aliphatic carbocycles. The summed E-state index contributed by atoms with van der Waals surface area (Å²) in [6.45, 7) is 9.02. The summed E-state index contributed by atoms with van der Waals surface area (Å²) in [5.74, 6) is 1.91. The SMILES string of the molecule is CC[C@H]1CN2C(=S)C[C@H]1C[C@H]2[C@H](OC(=O)NC(C)(C)C)c1ccnc2ccc(OC)cc12. The number of methoxy groups -OCH3 is 1. The van der Waals surface area contributed by atoms with Crippen molar-refractivity contribution in [2.45, 2.75) is 64.6 Å². The molecule has 1 aromatic carbocycles. The smallest absolute Gasteiger partial charge is 0.408 e. The number of ether oxygens (including phenoxy) is 2. The molecule has 1 aromatic heterocycles. The molecule has 1 N–H and O–H groups in total. The molecule has 3 aliphatic heterocycles. The zero-order valence-corrected chi connectivity index (χ0v) is 20.4. The van der Waals surface area contributed by atoms with E-state index in [0.29, 0.717) is 11.8 Å². The maximum atomic E-state index is 12.9. The Labute approximate surface area is 195 Å². The van der Waals surface area contributed by atoms with Gasteiger partial charge in [0.05, 0.1) is 23.7 Å². The van der Waals surface area contributed by atoms with Gasteiger partial charge in [0.1, 0.15) is 11.9 Å². The van der Waals surface area contributed by atoms with Crippen molar-refractivity contribution in [2.24, 2.45) is 11.8 Å². The molecule has 172 valence electrons. The van der Waals surface area contributed by atoms with E-state index in [-0.39, 0.29) is 11.6 Å². The van der Waals surface area contributed by atoms with Gasteiger partial charge in [-0.1, -0.05) is 25.6 Å². The van der Waals surface area contributed by atoms with Gasteiger partial charge in [-0.15, -0.1) is 0 Å². The number of alkyl carbamates (subject to hydrolysis) is 1. The van der Waals surface area contributed by atoms with Crippen LogP contribution in [0.2, 0.25) is 0 Å². The van der Waals surface area contributed by atoms with E-state index in [1.165, 1.54) is 0 Å². The summed E-state index contributed by atoms with van der Waals surface area (Å²) >= 11 is 5.78. The molecule has 3 fully saturated rings. The third-order valence-corrected chi connectivity index (χ3v) is 7.07. The number of hydrogen-bond acceptors (Lipinski definition) is 5. The molecule has 0 unspecified atom stereocenters. The van der Waals surface area contributed by atoms with Crippen LogP contribution in [0.3, 0.4) is 0 Å². The molecule has 6 nitrogen and oxygen atoms in total. The second-order valence-corrected chi connectivity index (χ2v) is 10.4. The Morgan fingerprint density at radius 1 is 1.34 bits per heavy atom. The van der Waals surface area contributed by atoms with Crippen molar-refractivity contribution in [3.05, 3.63) is 36.0 Å². The summed E-state index contributed by atoms with van der Waals surface area (Å²) in [7, 11) is 1.65. The highest BCUT2D eigenvalue weighted by Crippen LogP contribution is 2.45. The van der Waals surface area contributed by atoms with E-state index in [2.05, 4.69) is 22.1 Å². The minimum atomic E-state index is -0.464. The van der Waals surface area contributed by atoms with E-state index in [1.807, 2.05) is 45.0 Å². The minimum absolute atomic E-state index is 0.00608. The first-order chi connectivity index (χ1) is 15.2. The number of carbonyl (C=O) groups is 1. The van der Waals surface area contributed by atoms with Crippen LogP contribution in [0.15, 0.2) is 30.5 Å². The molecule has 1 amide bonds. The number of rotatable bonds is 5. The monoisotopic (exact) mass is 455 g/mol. The van der Waals surface area contributed by atoms with E-state index < -0.39 is 12.2 Å². The first-order valence-corrected chi connectivity index (χ1v) is 11.8. The number of hydrogen-bond donors (Lipinski definition) is 1. The molecule has 2 aromatic rings. The Hall–Kier alpha value is -2.41. The minimum Gasteiger partial charge on any atom is -0.497 e. The summed E-state index contributed by atoms with van der Waals surface area (Å²) in [6, 6.07) is 7.77. The molecule has 5 rings (SSSR count). The molecule has 0 radical (unpaired) electrons. The Bertz CT molecular complexity index is 1020. The van der Waals surface area contributed by atoms with E-state index in [9.17, 15) is 4.79 Å². The number of amides is 1. The van der Waals surface area contributed by atoms with E-state index in [0.717, 1.165) is 53.0 Å². The predicted octanol–water partition coefficient (Wildman–Crippen LogP) is 5.26. The second kappa shape index (κ2) is 8.85. The quantitative estimate of drug-likeness (QED) is 0.621. The third-order valence-electron chi connectivity index (χ3n) is 6.67. The summed E-state index contributed by atoms with van der Waals surface area (Å²) < 4.78 is 11.6. The molecule has 4 heterocycles. The number of nitrogens with one attached hydrogen (secondary N) is 1. The number of aromatic nitrogens is 1. The first kappa shape index (κ1) is 22.8. The summed E-state index contributed by atoms with van der Waals surface area (Å²) in [6.07, 6.45) is 3.95. The van der Waals surface area contributed by atoms with Gasteiger partial charge in [-0.05, 0) is 63.3 Å². The maximum absolute atomic E-state index is 12.9. The normalized spacial score (nSPS) is 23.8. The van der Waals surface area contributed by atoms with Crippen molar-refractivity contribution in [2.75, 3.05) is 13.7 Å². The number of piperidine rings is 3. The van der Waals surface area contributed by atoms with Gasteiger partial charge < -0.3 is 19.7 Å². The summed E-state index contributed by atoms with van der Waals surface area (Å²) in [5, 5.41) is 3.88. The van der Waals surface area contributed by atoms with Crippen molar-refractivity contribution in [3.8, 4) is 5.75 Å². The molecule has 3 saturated heterocycles. The predicted molar refractivity (Wildman–Crippen MR) is 130 cm³/mol. The van der Waals surface area contributed by atoms with Crippen LogP contribution in [-0.2, 0) is 4.74 Å². The molecular weight excluding hydrogens is 422 g/mol. The highest BCUT2D eigenvalue weighted by Gasteiger charge is 2.46. The summed E-state index contributed by atoms with van der Waals surface area (Å²) in [4.78, 5) is 20.7. The van der Waals surface area contributed by atoms with Gasteiger partial charge in [0.25, 0.3) is 0 Å². The molecule has 0 saturated carbocycles. The van der Waals surface area contributed by atoms with Gasteiger partial charge in [0.15, 0.2) is 0 Å². The highest BCUT2D eigenvalue weighted by atomic mass is 32.1. The van der Waals surface area contributed by atoms with Crippen LogP contribution in [0.25, 0.3) is 10.9 Å². The Morgan fingerprint density at radius 3 is 2.78 bits per heavy atom. The van der Waals surface area contributed by atoms with Crippen LogP contribution in [-0.4, -0.2) is 46.2 Å². The van der Waals surface area contributed by atoms with Crippen molar-refractivity contribution >= 4 is 34.2 Å². The van der Waals surface area contributed by atoms with Crippen LogP contribution in [0, 0.1) is 11.8 Å². The number of carbonyl (C=O) groups excluding carboxylic acids is 1. The first-order valence-electron chi connectivity index (χ1n) is 11.4. The third kappa shape index (κ3) is 4.53. The van der Waals surface area contributed by atoms with Gasteiger partial charge in [-0.25, -0.2) is 4.79 Å². The van der Waals surface area contributed by atoms with E-state index in [1.54, 1.807) is 13.3 Å². The molecule has 3 aliphatic rings. The maximum Gasteiger partial charge on any atom is 0.408 e. The molecule has 32 heavy (non-hydrogen) atoms. The number of pyridine rings is 1. The van der Waals surface area contributed by atoms with Crippen LogP contribution in [0.5, 0.6) is 5.75 Å². The van der Waals surface area contributed by atoms with Crippen LogP contribution in [0.4, 0.5) is 4.79 Å². The Kier molecular flexibility index (Phi) is 6.30. The number of thiocarbonyl (C=S) groups is 1. The molecule has 0 spiro atoms. The molecule has 4 atom stereocenters. The van der Waals surface area contributed by atoms with Crippen LogP contribution >= 0.6 is 12.2 Å². The zero-order chi connectivity index (χ0) is 23.0. The van der Waals surface area contributed by atoms with Crippen molar-refractivity contribution in [1.82, 2.24) is 15.2 Å². The largest absolute Gasteiger partial charge is 0.497 e. The lowest BCUT2D eigenvalue weighted by Crippen LogP contribution is -2.58. The lowest BCUT2D eigenvalue weighted by Gasteiger charge is -2.53. The van der Waals surface area contributed by atoms with Crippen molar-refractivity contribution in [1.29, 1.82) is 0 Å². The fourth-order valence-electron chi connectivity index (χ4n) is 5.12. The standard InChI is InChI=1S/C25H33N3O3S/c1-6-15-14-28-21(11-16(15)12-22(28)32)23(31-24(29)27-25(2,3)4)18-9-10-26-20-8-7-17(30-5)13-19(18)20/h7-10,13,15-16,21,23H,6,11-12,14H2,1-5H3,(H,27,29)/t15-,16+,21-,23+/m0/s1. The van der Waals surface area contributed by atoms with E-state index >= 15 is 0 Å². The van der Waals surface area contributed by atoms with Crippen LogP contribution in [0.1, 0.15) is 58.6 Å². The molecule has 7 heteroatoms. The Morgan fingerprint density at radius 2 is 2.12 bits per heavy atom. The topological polar surface area (TPSA) is 63.7 Å². The lowest BCUT2D eigenvalue weighted by molar-refractivity contribution is -0.00886. The molecule has 2 bridgehead atoms. The second-order valence-electron chi connectivity index (χ2n) is 9.97. The number of nitrogens with zero attached hydrogens (tertiary/aromatic N) is 2.